The number of benzene rings is 2. The fraction of sp³-hybridized carbons (Fsp3) is 0.0455. The third kappa shape index (κ3) is 3.74. The minimum absolute atomic E-state index is 0.0477. The molecule has 0 saturated carbocycles. The van der Waals surface area contributed by atoms with E-state index < -0.39 is 5.82 Å². The van der Waals surface area contributed by atoms with Gasteiger partial charge in [0.15, 0.2) is 0 Å². The lowest BCUT2D eigenvalue weighted by molar-refractivity contribution is 0.623. The van der Waals surface area contributed by atoms with Gasteiger partial charge in [-0.05, 0) is 60.2 Å². The molecule has 0 amide bonds. The molecule has 2 N–H and O–H groups in total. The number of nitrogens with zero attached hydrogens (tertiary/aromatic N) is 3. The second-order valence-electron chi connectivity index (χ2n) is 6.24. The Balaban J connectivity index is 1.54. The molecule has 0 bridgehead atoms. The molecule has 136 valence electrons. The number of anilines is 1. The average Bonchev–Trinajstić information content (AvgIpc) is 3.14. The van der Waals surface area contributed by atoms with Crippen LogP contribution >= 0.6 is 0 Å². The van der Waals surface area contributed by atoms with Crippen LogP contribution in [0.5, 0.6) is 0 Å². The molecule has 4 aromatic rings. The highest BCUT2D eigenvalue weighted by Crippen LogP contribution is 2.23. The fourth-order valence-electron chi connectivity index (χ4n) is 2.88. The number of aromatic amines is 1. The summed E-state index contributed by atoms with van der Waals surface area (Å²) >= 11 is 0. The van der Waals surface area contributed by atoms with Crippen molar-refractivity contribution < 1.29 is 4.39 Å². The van der Waals surface area contributed by atoms with Crippen molar-refractivity contribution in [3.8, 4) is 6.07 Å². The number of H-pyrrole nitrogens is 1. The molecule has 2 aromatic carbocycles. The van der Waals surface area contributed by atoms with Gasteiger partial charge in [0.2, 0.25) is 0 Å². The van der Waals surface area contributed by atoms with Crippen LogP contribution in [0.2, 0.25) is 0 Å². The lowest BCUT2D eigenvalue weighted by Gasteiger charge is -2.07. The van der Waals surface area contributed by atoms with Crippen LogP contribution in [0.3, 0.4) is 0 Å². The molecular formula is C22H16FN5. The lowest BCUT2D eigenvalue weighted by atomic mass is 10.1. The van der Waals surface area contributed by atoms with Crippen LogP contribution in [0, 0.1) is 17.1 Å². The maximum absolute atomic E-state index is 13.4. The van der Waals surface area contributed by atoms with E-state index in [1.807, 2.05) is 54.6 Å². The Labute approximate surface area is 161 Å². The maximum Gasteiger partial charge on any atom is 0.140 e. The summed E-state index contributed by atoms with van der Waals surface area (Å²) in [4.78, 5) is 4.27. The van der Waals surface area contributed by atoms with Gasteiger partial charge in [0.05, 0.1) is 22.5 Å². The highest BCUT2D eigenvalue weighted by atomic mass is 19.1. The Hall–Kier alpha value is -3.98. The Morgan fingerprint density at radius 1 is 1.11 bits per heavy atom. The monoisotopic (exact) mass is 369 g/mol. The number of nitriles is 1. The van der Waals surface area contributed by atoms with Gasteiger partial charge < -0.3 is 5.32 Å². The minimum Gasteiger partial charge on any atom is -0.381 e. The highest BCUT2D eigenvalue weighted by molar-refractivity contribution is 5.91. The first-order valence-corrected chi connectivity index (χ1v) is 8.72. The predicted molar refractivity (Wildman–Crippen MR) is 108 cm³/mol. The molecule has 0 radical (unpaired) electrons. The molecule has 0 aliphatic carbocycles. The van der Waals surface area contributed by atoms with E-state index >= 15 is 0 Å². The molecule has 28 heavy (non-hydrogen) atoms. The number of aromatic nitrogens is 3. The standard InChI is InChI=1S/C22H16FN5/c23-20-7-4-15(11-16(20)13-24)14-26-18-6-9-22-19(12-18)21(27-28-22)8-5-17-3-1-2-10-25-17/h1-12,26H,14H2,(H,27,28). The minimum atomic E-state index is -0.504. The molecule has 0 fully saturated rings. The van der Waals surface area contributed by atoms with Gasteiger partial charge >= 0.3 is 0 Å². The second kappa shape index (κ2) is 7.72. The van der Waals surface area contributed by atoms with E-state index in [0.717, 1.165) is 33.5 Å². The van der Waals surface area contributed by atoms with E-state index in [0.29, 0.717) is 6.54 Å². The second-order valence-corrected chi connectivity index (χ2v) is 6.24. The zero-order valence-electron chi connectivity index (χ0n) is 14.9. The van der Waals surface area contributed by atoms with Crippen LogP contribution in [0.15, 0.2) is 60.8 Å². The van der Waals surface area contributed by atoms with Gasteiger partial charge in [-0.2, -0.15) is 10.4 Å². The number of nitrogens with one attached hydrogen (secondary N) is 2. The maximum atomic E-state index is 13.4. The van der Waals surface area contributed by atoms with E-state index in [1.54, 1.807) is 18.3 Å². The van der Waals surface area contributed by atoms with Gasteiger partial charge in [-0.15, -0.1) is 0 Å². The fourth-order valence-corrected chi connectivity index (χ4v) is 2.88. The largest absolute Gasteiger partial charge is 0.381 e. The van der Waals surface area contributed by atoms with Crippen LogP contribution in [0.1, 0.15) is 22.5 Å². The van der Waals surface area contributed by atoms with Crippen molar-refractivity contribution in [3.63, 3.8) is 0 Å². The molecular weight excluding hydrogens is 353 g/mol. The first-order chi connectivity index (χ1) is 13.7. The molecule has 4 rings (SSSR count). The number of hydrogen-bond acceptors (Lipinski definition) is 4. The van der Waals surface area contributed by atoms with Gasteiger partial charge in [-0.1, -0.05) is 12.1 Å². The number of hydrogen-bond donors (Lipinski definition) is 2. The summed E-state index contributed by atoms with van der Waals surface area (Å²) in [5.74, 6) is -0.504. The van der Waals surface area contributed by atoms with Crippen LogP contribution < -0.4 is 5.32 Å². The van der Waals surface area contributed by atoms with Crippen molar-refractivity contribution >= 4 is 28.7 Å². The van der Waals surface area contributed by atoms with E-state index in [-0.39, 0.29) is 5.56 Å². The van der Waals surface area contributed by atoms with Gasteiger partial charge in [0, 0.05) is 23.8 Å². The quantitative estimate of drug-likeness (QED) is 0.532. The van der Waals surface area contributed by atoms with E-state index in [4.69, 9.17) is 5.26 Å². The van der Waals surface area contributed by atoms with Gasteiger partial charge in [0.25, 0.3) is 0 Å². The smallest absolute Gasteiger partial charge is 0.140 e. The topological polar surface area (TPSA) is 77.4 Å². The van der Waals surface area contributed by atoms with Crippen molar-refractivity contribution in [2.75, 3.05) is 5.32 Å². The summed E-state index contributed by atoms with van der Waals surface area (Å²) < 4.78 is 13.4. The Kier molecular flexibility index (Phi) is 4.81. The van der Waals surface area contributed by atoms with Crippen LogP contribution in [0.25, 0.3) is 23.1 Å². The first kappa shape index (κ1) is 17.4. The van der Waals surface area contributed by atoms with Gasteiger partial charge in [-0.25, -0.2) is 4.39 Å². The first-order valence-electron chi connectivity index (χ1n) is 8.72. The van der Waals surface area contributed by atoms with Gasteiger partial charge in [0.1, 0.15) is 11.9 Å². The summed E-state index contributed by atoms with van der Waals surface area (Å²) in [5.41, 5.74) is 4.39. The summed E-state index contributed by atoms with van der Waals surface area (Å²) in [5, 5.41) is 20.6. The Morgan fingerprint density at radius 2 is 2.04 bits per heavy atom. The SMILES string of the molecule is N#Cc1cc(CNc2ccc3[nH]nc(C=Cc4ccccn4)c3c2)ccc1F. The molecule has 2 aromatic heterocycles. The summed E-state index contributed by atoms with van der Waals surface area (Å²) in [6.45, 7) is 0.484. The zero-order valence-corrected chi connectivity index (χ0v) is 14.9. The third-order valence-corrected chi connectivity index (χ3v) is 4.34. The molecule has 0 unspecified atom stereocenters. The molecule has 6 heteroatoms. The Bertz CT molecular complexity index is 1190. The number of halogens is 1. The number of fused-ring (bicyclic) bond motifs is 1. The van der Waals surface area contributed by atoms with Crippen LogP contribution in [0.4, 0.5) is 10.1 Å². The third-order valence-electron chi connectivity index (χ3n) is 4.34. The average molecular weight is 369 g/mol. The normalized spacial score (nSPS) is 11.0. The van der Waals surface area contributed by atoms with Crippen LogP contribution in [-0.4, -0.2) is 15.2 Å². The molecule has 0 saturated heterocycles. The molecule has 0 spiro atoms. The lowest BCUT2D eigenvalue weighted by Crippen LogP contribution is -2.00. The van der Waals surface area contributed by atoms with Crippen molar-refractivity contribution in [3.05, 3.63) is 89.1 Å². The van der Waals surface area contributed by atoms with E-state index in [2.05, 4.69) is 20.5 Å². The zero-order chi connectivity index (χ0) is 19.3. The summed E-state index contributed by atoms with van der Waals surface area (Å²) in [7, 11) is 0. The number of rotatable bonds is 5. The van der Waals surface area contributed by atoms with Gasteiger partial charge in [-0.3, -0.25) is 10.1 Å². The molecule has 5 nitrogen and oxygen atoms in total. The number of pyridine rings is 1. The van der Waals surface area contributed by atoms with E-state index in [9.17, 15) is 4.39 Å². The van der Waals surface area contributed by atoms with Crippen molar-refractivity contribution in [1.29, 1.82) is 5.26 Å². The van der Waals surface area contributed by atoms with Crippen molar-refractivity contribution in [2.24, 2.45) is 0 Å². The molecule has 0 aliphatic rings. The Morgan fingerprint density at radius 3 is 2.86 bits per heavy atom. The molecule has 0 atom stereocenters. The highest BCUT2D eigenvalue weighted by Gasteiger charge is 2.06. The van der Waals surface area contributed by atoms with Crippen molar-refractivity contribution in [2.45, 2.75) is 6.54 Å². The van der Waals surface area contributed by atoms with Crippen molar-refractivity contribution in [1.82, 2.24) is 15.2 Å². The summed E-state index contributed by atoms with van der Waals surface area (Å²) in [6.07, 6.45) is 5.58. The molecule has 0 aliphatic heterocycles. The molecule has 2 heterocycles. The van der Waals surface area contributed by atoms with Crippen LogP contribution in [-0.2, 0) is 6.54 Å². The summed E-state index contributed by atoms with van der Waals surface area (Å²) in [6, 6.07) is 18.0. The van der Waals surface area contributed by atoms with E-state index in [1.165, 1.54) is 6.07 Å². The predicted octanol–water partition coefficient (Wildman–Crippen LogP) is 4.75.